The third-order valence-corrected chi connectivity index (χ3v) is 6.09. The fourth-order valence-electron chi connectivity index (χ4n) is 2.37. The lowest BCUT2D eigenvalue weighted by atomic mass is 9.94. The van der Waals surface area contributed by atoms with Crippen molar-refractivity contribution in [3.8, 4) is 0 Å². The highest BCUT2D eigenvalue weighted by Gasteiger charge is 2.43. The predicted molar refractivity (Wildman–Crippen MR) is 91.6 cm³/mol. The topological polar surface area (TPSA) is 68.1 Å². The maximum atomic E-state index is 12.4. The molecule has 2 aliphatic heterocycles. The van der Waals surface area contributed by atoms with Crippen molar-refractivity contribution >= 4 is 35.2 Å². The molecule has 0 unspecified atom stereocenters. The van der Waals surface area contributed by atoms with Gasteiger partial charge in [-0.15, -0.1) is 0 Å². The molecule has 1 saturated heterocycles. The van der Waals surface area contributed by atoms with Gasteiger partial charge in [0.25, 0.3) is 0 Å². The molecule has 0 aliphatic carbocycles. The van der Waals surface area contributed by atoms with E-state index in [1.807, 2.05) is 6.92 Å². The Balaban J connectivity index is 2.22. The zero-order chi connectivity index (χ0) is 16.0. The van der Waals surface area contributed by atoms with Gasteiger partial charge in [-0.1, -0.05) is 24.7 Å². The van der Waals surface area contributed by atoms with E-state index in [1.165, 1.54) is 0 Å². The van der Waals surface area contributed by atoms with Crippen LogP contribution >= 0.6 is 23.5 Å². The summed E-state index contributed by atoms with van der Waals surface area (Å²) in [7, 11) is 0. The summed E-state index contributed by atoms with van der Waals surface area (Å²) in [6.45, 7) is 5.65. The summed E-state index contributed by atoms with van der Waals surface area (Å²) in [6.07, 6.45) is 2.38. The van der Waals surface area contributed by atoms with Crippen LogP contribution in [-0.2, 0) is 14.4 Å². The molecule has 0 atom stereocenters. The lowest BCUT2D eigenvalue weighted by Gasteiger charge is -2.35. The molecule has 1 fully saturated rings. The Morgan fingerprint density at radius 3 is 2.73 bits per heavy atom. The third-order valence-electron chi connectivity index (χ3n) is 3.38. The number of oxime groups is 1. The van der Waals surface area contributed by atoms with Crippen LogP contribution in [0.4, 0.5) is 0 Å². The number of hydrogen-bond acceptors (Lipinski definition) is 7. The van der Waals surface area contributed by atoms with E-state index in [9.17, 15) is 9.90 Å². The largest absolute Gasteiger partial charge is 0.511 e. The van der Waals surface area contributed by atoms with Gasteiger partial charge >= 0.3 is 5.97 Å². The molecule has 1 spiro atoms. The molecule has 22 heavy (non-hydrogen) atoms. The van der Waals surface area contributed by atoms with Crippen LogP contribution < -0.4 is 0 Å². The number of nitrogens with zero attached hydrogens (tertiary/aromatic N) is 1. The first-order valence-electron chi connectivity index (χ1n) is 7.23. The summed E-state index contributed by atoms with van der Waals surface area (Å²) in [4.78, 5) is 17.5. The number of esters is 1. The van der Waals surface area contributed by atoms with Crippen molar-refractivity contribution in [1.82, 2.24) is 0 Å². The van der Waals surface area contributed by atoms with Gasteiger partial charge in [-0.25, -0.2) is 4.79 Å². The first kappa shape index (κ1) is 17.3. The Bertz CT molecular complexity index is 494. The normalized spacial score (nSPS) is 22.2. The first-order valence-corrected chi connectivity index (χ1v) is 9.54. The highest BCUT2D eigenvalue weighted by Crippen LogP contribution is 2.37. The minimum Gasteiger partial charge on any atom is -0.511 e. The lowest BCUT2D eigenvalue weighted by Crippen LogP contribution is -2.45. The van der Waals surface area contributed by atoms with Crippen LogP contribution in [-0.4, -0.2) is 52.0 Å². The Morgan fingerprint density at radius 2 is 2.18 bits per heavy atom. The lowest BCUT2D eigenvalue weighted by molar-refractivity contribution is -0.152. The summed E-state index contributed by atoms with van der Waals surface area (Å²) >= 11 is 3.52. The van der Waals surface area contributed by atoms with Crippen LogP contribution in [0.15, 0.2) is 29.1 Å². The zero-order valence-electron chi connectivity index (χ0n) is 12.7. The second kappa shape index (κ2) is 7.97. The van der Waals surface area contributed by atoms with E-state index in [4.69, 9.17) is 9.57 Å². The van der Waals surface area contributed by atoms with E-state index in [0.717, 1.165) is 11.5 Å². The number of rotatable bonds is 5. The molecular formula is C15H21NO4S2. The smallest absolute Gasteiger partial charge is 0.344 e. The van der Waals surface area contributed by atoms with Crippen molar-refractivity contribution in [1.29, 1.82) is 0 Å². The second-order valence-electron chi connectivity index (χ2n) is 5.15. The standard InChI is InChI=1S/C15H21NO4S2/c1-3-5-19-16-11(4-2)13-12(17)8-15(20-14(13)18)9-21-6-7-22-10-15/h3,17H,1,4-10H2,2H3. The molecule has 2 heterocycles. The molecule has 7 heteroatoms. The van der Waals surface area contributed by atoms with Crippen LogP contribution in [0.25, 0.3) is 0 Å². The van der Waals surface area contributed by atoms with Crippen molar-refractivity contribution in [2.24, 2.45) is 5.16 Å². The number of thioether (sulfide) groups is 2. The monoisotopic (exact) mass is 343 g/mol. The molecule has 1 N–H and O–H groups in total. The number of aliphatic hydroxyl groups is 1. The maximum Gasteiger partial charge on any atom is 0.344 e. The van der Waals surface area contributed by atoms with Crippen molar-refractivity contribution < 1.29 is 19.5 Å². The summed E-state index contributed by atoms with van der Waals surface area (Å²) < 4.78 is 5.71. The van der Waals surface area contributed by atoms with Crippen LogP contribution in [0.2, 0.25) is 0 Å². The van der Waals surface area contributed by atoms with E-state index in [2.05, 4.69) is 11.7 Å². The second-order valence-corrected chi connectivity index (χ2v) is 7.36. The molecule has 0 radical (unpaired) electrons. The highest BCUT2D eigenvalue weighted by molar-refractivity contribution is 8.03. The molecule has 0 aromatic carbocycles. The molecule has 122 valence electrons. The van der Waals surface area contributed by atoms with Crippen molar-refractivity contribution in [3.63, 3.8) is 0 Å². The molecule has 0 amide bonds. The van der Waals surface area contributed by atoms with Gasteiger partial charge in [-0.3, -0.25) is 0 Å². The van der Waals surface area contributed by atoms with Gasteiger partial charge in [0.15, 0.2) is 0 Å². The number of ether oxygens (including phenoxy) is 1. The number of carbonyl (C=O) groups is 1. The fraction of sp³-hybridized carbons (Fsp3) is 0.600. The fourth-order valence-corrected chi connectivity index (χ4v) is 5.00. The number of carbonyl (C=O) groups excluding carboxylic acids is 1. The Kier molecular flexibility index (Phi) is 6.26. The molecular weight excluding hydrogens is 322 g/mol. The summed E-state index contributed by atoms with van der Waals surface area (Å²) in [6, 6.07) is 0. The minimum absolute atomic E-state index is 0.0575. The third kappa shape index (κ3) is 4.01. The molecule has 0 bridgehead atoms. The minimum atomic E-state index is -0.600. The van der Waals surface area contributed by atoms with E-state index >= 15 is 0 Å². The van der Waals surface area contributed by atoms with Gasteiger partial charge in [0.05, 0.1) is 5.71 Å². The quantitative estimate of drug-likeness (QED) is 0.272. The summed E-state index contributed by atoms with van der Waals surface area (Å²) in [5, 5.41) is 14.3. The molecule has 0 saturated carbocycles. The van der Waals surface area contributed by atoms with Gasteiger partial charge in [0, 0.05) is 29.4 Å². The summed E-state index contributed by atoms with van der Waals surface area (Å²) in [5.41, 5.74) is -0.0401. The molecule has 2 rings (SSSR count). The van der Waals surface area contributed by atoms with E-state index < -0.39 is 11.6 Å². The highest BCUT2D eigenvalue weighted by atomic mass is 32.2. The van der Waals surface area contributed by atoms with Crippen molar-refractivity contribution in [2.45, 2.75) is 25.4 Å². The Hall–Kier alpha value is -1.08. The number of hydrogen-bond donors (Lipinski definition) is 1. The Morgan fingerprint density at radius 1 is 1.50 bits per heavy atom. The Labute approximate surface area is 139 Å². The first-order chi connectivity index (χ1) is 10.6. The molecule has 0 aromatic rings. The summed E-state index contributed by atoms with van der Waals surface area (Å²) in [5.74, 6) is 3.07. The van der Waals surface area contributed by atoms with Crippen LogP contribution in [0, 0.1) is 0 Å². The van der Waals surface area contributed by atoms with Crippen molar-refractivity contribution in [3.05, 3.63) is 24.0 Å². The van der Waals surface area contributed by atoms with Gasteiger partial charge in [0.2, 0.25) is 0 Å². The molecule has 2 aliphatic rings. The van der Waals surface area contributed by atoms with Gasteiger partial charge in [-0.2, -0.15) is 23.5 Å². The van der Waals surface area contributed by atoms with Crippen LogP contribution in [0.3, 0.4) is 0 Å². The van der Waals surface area contributed by atoms with Gasteiger partial charge in [0.1, 0.15) is 23.5 Å². The molecule has 0 aromatic heterocycles. The van der Waals surface area contributed by atoms with Crippen LogP contribution in [0.1, 0.15) is 19.8 Å². The van der Waals surface area contributed by atoms with E-state index in [0.29, 0.717) is 30.1 Å². The number of aliphatic hydroxyl groups excluding tert-OH is 1. The zero-order valence-corrected chi connectivity index (χ0v) is 14.3. The van der Waals surface area contributed by atoms with Crippen molar-refractivity contribution in [2.75, 3.05) is 29.6 Å². The van der Waals surface area contributed by atoms with Gasteiger partial charge < -0.3 is 14.7 Å². The SMILES string of the molecule is C=CCON=C(CC)C1=C(O)CC2(CSCCSC2)OC1=O. The van der Waals surface area contributed by atoms with E-state index in [-0.39, 0.29) is 17.9 Å². The average Bonchev–Trinajstić information content (AvgIpc) is 2.70. The molecule has 5 nitrogen and oxygen atoms in total. The van der Waals surface area contributed by atoms with E-state index in [1.54, 1.807) is 29.6 Å². The van der Waals surface area contributed by atoms with Gasteiger partial charge in [-0.05, 0) is 6.42 Å². The van der Waals surface area contributed by atoms with Crippen LogP contribution in [0.5, 0.6) is 0 Å². The maximum absolute atomic E-state index is 12.4. The predicted octanol–water partition coefficient (Wildman–Crippen LogP) is 2.93. The average molecular weight is 343 g/mol.